The van der Waals surface area contributed by atoms with Crippen molar-refractivity contribution in [2.45, 2.75) is 13.8 Å². The third-order valence-electron chi connectivity index (χ3n) is 3.69. The van der Waals surface area contributed by atoms with Crippen LogP contribution in [0.2, 0.25) is 0 Å². The number of benzene rings is 2. The average molecular weight is 357 g/mol. The molecule has 1 aromatic heterocycles. The van der Waals surface area contributed by atoms with Crippen molar-refractivity contribution < 1.29 is 14.5 Å². The molecule has 3 aromatic rings. The zero-order valence-electron chi connectivity index (χ0n) is 13.8. The Hall–Kier alpha value is -3.00. The van der Waals surface area contributed by atoms with Gasteiger partial charge in [0.2, 0.25) is 0 Å². The number of hydrogen-bond donors (Lipinski definition) is 1. The average Bonchev–Trinajstić information content (AvgIpc) is 2.96. The minimum absolute atomic E-state index is 0.104. The predicted octanol–water partition coefficient (Wildman–Crippen LogP) is 4.08. The number of anilines is 1. The Morgan fingerprint density at radius 3 is 2.72 bits per heavy atom. The van der Waals surface area contributed by atoms with Gasteiger partial charge in [0.05, 0.1) is 22.2 Å². The molecule has 3 rings (SSSR count). The van der Waals surface area contributed by atoms with Crippen molar-refractivity contribution >= 4 is 38.3 Å². The molecular formula is C17H15N3O4S. The molecule has 2 aromatic carbocycles. The number of methoxy groups -OCH3 is 1. The lowest BCUT2D eigenvalue weighted by molar-refractivity contribution is -0.385. The van der Waals surface area contributed by atoms with E-state index in [0.29, 0.717) is 5.13 Å². The fraction of sp³-hybridized carbons (Fsp3) is 0.176. The van der Waals surface area contributed by atoms with Crippen molar-refractivity contribution in [1.82, 2.24) is 4.98 Å². The number of aryl methyl sites for hydroxylation is 2. The summed E-state index contributed by atoms with van der Waals surface area (Å²) in [7, 11) is 1.34. The van der Waals surface area contributed by atoms with Gasteiger partial charge in [-0.2, -0.15) is 0 Å². The van der Waals surface area contributed by atoms with E-state index in [1.807, 2.05) is 26.0 Å². The van der Waals surface area contributed by atoms with Gasteiger partial charge in [-0.1, -0.05) is 17.4 Å². The number of carbonyl (C=O) groups excluding carboxylic acids is 1. The SMILES string of the molecule is COc1ccc(C(=O)Nc2nc3c(C)cc(C)cc3s2)cc1[N+](=O)[O-]. The van der Waals surface area contributed by atoms with E-state index < -0.39 is 10.8 Å². The number of fused-ring (bicyclic) bond motifs is 1. The van der Waals surface area contributed by atoms with Gasteiger partial charge in [0.25, 0.3) is 5.91 Å². The zero-order valence-corrected chi connectivity index (χ0v) is 14.6. The molecule has 1 N–H and O–H groups in total. The second-order valence-electron chi connectivity index (χ2n) is 5.55. The summed E-state index contributed by atoms with van der Waals surface area (Å²) in [4.78, 5) is 27.3. The maximum absolute atomic E-state index is 12.4. The van der Waals surface area contributed by atoms with Crippen molar-refractivity contribution in [1.29, 1.82) is 0 Å². The topological polar surface area (TPSA) is 94.4 Å². The molecule has 0 spiro atoms. The molecule has 0 radical (unpaired) electrons. The van der Waals surface area contributed by atoms with Crippen LogP contribution in [0.25, 0.3) is 10.2 Å². The summed E-state index contributed by atoms with van der Waals surface area (Å²) in [6, 6.07) is 8.11. The van der Waals surface area contributed by atoms with Gasteiger partial charge in [0.1, 0.15) is 0 Å². The standard InChI is InChI=1S/C17H15N3O4S/c1-9-6-10(2)15-14(7-9)25-17(18-15)19-16(21)11-4-5-13(24-3)12(8-11)20(22)23/h4-8H,1-3H3,(H,18,19,21). The van der Waals surface area contributed by atoms with E-state index in [-0.39, 0.29) is 17.0 Å². The van der Waals surface area contributed by atoms with Crippen molar-refractivity contribution in [2.75, 3.05) is 12.4 Å². The Bertz CT molecular complexity index is 997. The van der Waals surface area contributed by atoms with Crippen LogP contribution >= 0.6 is 11.3 Å². The number of carbonyl (C=O) groups is 1. The molecule has 0 saturated carbocycles. The first-order chi connectivity index (χ1) is 11.9. The van der Waals surface area contributed by atoms with Crippen LogP contribution in [0.5, 0.6) is 5.75 Å². The van der Waals surface area contributed by atoms with Gasteiger partial charge < -0.3 is 4.74 Å². The molecule has 1 amide bonds. The molecule has 8 heteroatoms. The molecule has 128 valence electrons. The highest BCUT2D eigenvalue weighted by Crippen LogP contribution is 2.31. The first kappa shape index (κ1) is 16.8. The molecule has 0 aliphatic rings. The van der Waals surface area contributed by atoms with E-state index in [9.17, 15) is 14.9 Å². The minimum Gasteiger partial charge on any atom is -0.490 e. The highest BCUT2D eigenvalue weighted by molar-refractivity contribution is 7.22. The first-order valence-electron chi connectivity index (χ1n) is 7.40. The molecule has 0 aliphatic carbocycles. The van der Waals surface area contributed by atoms with Gasteiger partial charge in [-0.3, -0.25) is 20.2 Å². The van der Waals surface area contributed by atoms with E-state index in [0.717, 1.165) is 21.3 Å². The van der Waals surface area contributed by atoms with Gasteiger partial charge in [-0.25, -0.2) is 4.98 Å². The van der Waals surface area contributed by atoms with Crippen molar-refractivity contribution in [3.05, 3.63) is 57.1 Å². The number of amides is 1. The molecule has 0 fully saturated rings. The summed E-state index contributed by atoms with van der Waals surface area (Å²) in [5.41, 5.74) is 2.90. The van der Waals surface area contributed by atoms with Gasteiger partial charge in [0.15, 0.2) is 10.9 Å². The maximum atomic E-state index is 12.4. The fourth-order valence-electron chi connectivity index (χ4n) is 2.57. The smallest absolute Gasteiger partial charge is 0.311 e. The number of ether oxygens (including phenoxy) is 1. The fourth-order valence-corrected chi connectivity index (χ4v) is 3.60. The summed E-state index contributed by atoms with van der Waals surface area (Å²) in [6.45, 7) is 3.97. The lowest BCUT2D eigenvalue weighted by Gasteiger charge is -2.04. The number of nitrogens with one attached hydrogen (secondary N) is 1. The number of nitrogens with zero attached hydrogens (tertiary/aromatic N) is 2. The quantitative estimate of drug-likeness (QED) is 0.561. The third-order valence-corrected chi connectivity index (χ3v) is 4.61. The lowest BCUT2D eigenvalue weighted by atomic mass is 10.1. The first-order valence-corrected chi connectivity index (χ1v) is 8.22. The molecule has 0 aliphatic heterocycles. The Morgan fingerprint density at radius 1 is 1.28 bits per heavy atom. The largest absolute Gasteiger partial charge is 0.490 e. The Balaban J connectivity index is 1.91. The van der Waals surface area contributed by atoms with Crippen LogP contribution in [0.1, 0.15) is 21.5 Å². The number of nitro benzene ring substituents is 1. The number of thiazole rings is 1. The molecule has 7 nitrogen and oxygen atoms in total. The van der Waals surface area contributed by atoms with Crippen LogP contribution < -0.4 is 10.1 Å². The zero-order chi connectivity index (χ0) is 18.1. The van der Waals surface area contributed by atoms with Gasteiger partial charge in [-0.05, 0) is 43.2 Å². The van der Waals surface area contributed by atoms with Crippen molar-refractivity contribution in [3.63, 3.8) is 0 Å². The highest BCUT2D eigenvalue weighted by Gasteiger charge is 2.19. The molecule has 1 heterocycles. The number of rotatable bonds is 4. The predicted molar refractivity (Wildman–Crippen MR) is 96.7 cm³/mol. The highest BCUT2D eigenvalue weighted by atomic mass is 32.1. The molecule has 0 atom stereocenters. The lowest BCUT2D eigenvalue weighted by Crippen LogP contribution is -2.12. The van der Waals surface area contributed by atoms with E-state index in [2.05, 4.69) is 10.3 Å². The van der Waals surface area contributed by atoms with Gasteiger partial charge >= 0.3 is 5.69 Å². The summed E-state index contributed by atoms with van der Waals surface area (Å²) in [5, 5.41) is 14.2. The van der Waals surface area contributed by atoms with Crippen molar-refractivity contribution in [2.24, 2.45) is 0 Å². The van der Waals surface area contributed by atoms with Gasteiger partial charge in [-0.15, -0.1) is 0 Å². The second kappa shape index (κ2) is 6.48. The summed E-state index contributed by atoms with van der Waals surface area (Å²) < 4.78 is 5.92. The number of hydrogen-bond acceptors (Lipinski definition) is 6. The van der Waals surface area contributed by atoms with Crippen LogP contribution in [0.3, 0.4) is 0 Å². The molecule has 0 unspecified atom stereocenters. The van der Waals surface area contributed by atoms with E-state index in [1.54, 1.807) is 0 Å². The summed E-state index contributed by atoms with van der Waals surface area (Å²) in [6.07, 6.45) is 0. The monoisotopic (exact) mass is 357 g/mol. The van der Waals surface area contributed by atoms with Crippen molar-refractivity contribution in [3.8, 4) is 5.75 Å². The number of nitro groups is 1. The van der Waals surface area contributed by atoms with Gasteiger partial charge in [0, 0.05) is 11.6 Å². The minimum atomic E-state index is -0.584. The molecule has 0 saturated heterocycles. The van der Waals surface area contributed by atoms with E-state index in [1.165, 1.54) is 36.6 Å². The Kier molecular flexibility index (Phi) is 4.37. The summed E-state index contributed by atoms with van der Waals surface area (Å²) in [5.74, 6) is -0.355. The summed E-state index contributed by atoms with van der Waals surface area (Å²) >= 11 is 1.37. The van der Waals surface area contributed by atoms with Crippen LogP contribution in [0.15, 0.2) is 30.3 Å². The van der Waals surface area contributed by atoms with Crippen LogP contribution in [-0.4, -0.2) is 22.9 Å². The Labute approximate surface area is 147 Å². The second-order valence-corrected chi connectivity index (χ2v) is 6.58. The van der Waals surface area contributed by atoms with E-state index >= 15 is 0 Å². The van der Waals surface area contributed by atoms with Crippen LogP contribution in [0.4, 0.5) is 10.8 Å². The van der Waals surface area contributed by atoms with Crippen LogP contribution in [-0.2, 0) is 0 Å². The Morgan fingerprint density at radius 2 is 2.04 bits per heavy atom. The van der Waals surface area contributed by atoms with E-state index in [4.69, 9.17) is 4.74 Å². The maximum Gasteiger partial charge on any atom is 0.311 e. The number of aromatic nitrogens is 1. The normalized spacial score (nSPS) is 10.7. The molecular weight excluding hydrogens is 342 g/mol. The molecule has 0 bridgehead atoms. The molecule has 25 heavy (non-hydrogen) atoms. The van der Waals surface area contributed by atoms with Crippen LogP contribution in [0, 0.1) is 24.0 Å². The third kappa shape index (κ3) is 3.29.